The zero-order valence-electron chi connectivity index (χ0n) is 15.4. The van der Waals surface area contributed by atoms with Crippen molar-refractivity contribution in [3.63, 3.8) is 0 Å². The summed E-state index contributed by atoms with van der Waals surface area (Å²) in [6.07, 6.45) is 1.59. The van der Waals surface area contributed by atoms with Gasteiger partial charge in [-0.05, 0) is 44.2 Å². The van der Waals surface area contributed by atoms with Crippen molar-refractivity contribution in [1.29, 1.82) is 0 Å². The summed E-state index contributed by atoms with van der Waals surface area (Å²) in [6.45, 7) is 3.80. The second-order valence-corrected chi connectivity index (χ2v) is 6.91. The lowest BCUT2D eigenvalue weighted by Gasteiger charge is -2.12. The first kappa shape index (κ1) is 20.0. The number of rotatable bonds is 6. The highest BCUT2D eigenvalue weighted by Crippen LogP contribution is 2.31. The summed E-state index contributed by atoms with van der Waals surface area (Å²) >= 11 is 12.5. The molecule has 1 heterocycles. The second-order valence-electron chi connectivity index (χ2n) is 6.13. The van der Waals surface area contributed by atoms with Crippen molar-refractivity contribution in [3.05, 3.63) is 81.6 Å². The molecule has 0 saturated heterocycles. The summed E-state index contributed by atoms with van der Waals surface area (Å²) in [4.78, 5) is 11.9. The van der Waals surface area contributed by atoms with E-state index in [1.807, 2.05) is 54.8 Å². The predicted molar refractivity (Wildman–Crippen MR) is 113 cm³/mol. The molecule has 0 atom stereocenters. The first-order chi connectivity index (χ1) is 13.5. The average Bonchev–Trinajstić information content (AvgIpc) is 2.97. The molecular formula is C21H19Cl2N3O2. The third-order valence-corrected chi connectivity index (χ3v) is 4.96. The zero-order chi connectivity index (χ0) is 20.1. The number of hydrazone groups is 1. The van der Waals surface area contributed by atoms with E-state index >= 15 is 0 Å². The van der Waals surface area contributed by atoms with Crippen LogP contribution in [0.1, 0.15) is 17.0 Å². The van der Waals surface area contributed by atoms with E-state index in [-0.39, 0.29) is 12.5 Å². The van der Waals surface area contributed by atoms with Gasteiger partial charge in [0.25, 0.3) is 5.91 Å². The molecule has 5 nitrogen and oxygen atoms in total. The maximum absolute atomic E-state index is 11.9. The van der Waals surface area contributed by atoms with Crippen molar-refractivity contribution in [2.75, 3.05) is 6.61 Å². The topological polar surface area (TPSA) is 55.6 Å². The highest BCUT2D eigenvalue weighted by Gasteiger charge is 2.13. The van der Waals surface area contributed by atoms with Crippen LogP contribution in [-0.4, -0.2) is 23.3 Å². The van der Waals surface area contributed by atoms with Gasteiger partial charge in [0.1, 0.15) is 5.75 Å². The fourth-order valence-electron chi connectivity index (χ4n) is 2.83. The Labute approximate surface area is 173 Å². The van der Waals surface area contributed by atoms with Crippen LogP contribution in [0.25, 0.3) is 5.69 Å². The smallest absolute Gasteiger partial charge is 0.277 e. The zero-order valence-corrected chi connectivity index (χ0v) is 17.0. The van der Waals surface area contributed by atoms with Crippen molar-refractivity contribution in [2.24, 2.45) is 5.10 Å². The first-order valence-corrected chi connectivity index (χ1v) is 9.36. The van der Waals surface area contributed by atoms with E-state index in [0.717, 1.165) is 22.6 Å². The fourth-order valence-corrected chi connectivity index (χ4v) is 3.21. The largest absolute Gasteiger partial charge is 0.484 e. The molecule has 0 aliphatic heterocycles. The van der Waals surface area contributed by atoms with Crippen molar-refractivity contribution < 1.29 is 9.53 Å². The number of halogens is 2. The third-order valence-electron chi connectivity index (χ3n) is 4.15. The van der Waals surface area contributed by atoms with Gasteiger partial charge >= 0.3 is 0 Å². The van der Waals surface area contributed by atoms with Crippen LogP contribution in [0.5, 0.6) is 5.75 Å². The molecule has 0 aliphatic carbocycles. The number of carbonyl (C=O) groups is 1. The Kier molecular flexibility index (Phi) is 6.39. The number of amides is 1. The summed E-state index contributed by atoms with van der Waals surface area (Å²) < 4.78 is 7.38. The SMILES string of the molecule is Cc1cc(/C=N\NC(=O)COc2ccccc2)c(C)n1-c1cccc(Cl)c1Cl. The quantitative estimate of drug-likeness (QED) is 0.458. The van der Waals surface area contributed by atoms with Crippen LogP contribution < -0.4 is 10.2 Å². The van der Waals surface area contributed by atoms with Gasteiger partial charge in [0, 0.05) is 17.0 Å². The van der Waals surface area contributed by atoms with E-state index < -0.39 is 0 Å². The molecule has 28 heavy (non-hydrogen) atoms. The minimum absolute atomic E-state index is 0.113. The molecule has 2 aromatic carbocycles. The number of aryl methyl sites for hydroxylation is 1. The van der Waals surface area contributed by atoms with E-state index in [1.165, 1.54) is 0 Å². The molecule has 1 N–H and O–H groups in total. The molecule has 0 unspecified atom stereocenters. The van der Waals surface area contributed by atoms with E-state index in [1.54, 1.807) is 24.4 Å². The van der Waals surface area contributed by atoms with E-state index in [2.05, 4.69) is 10.5 Å². The van der Waals surface area contributed by atoms with Crippen LogP contribution in [0.2, 0.25) is 10.0 Å². The minimum atomic E-state index is -0.341. The van der Waals surface area contributed by atoms with Crippen LogP contribution >= 0.6 is 23.2 Å². The summed E-state index contributed by atoms with van der Waals surface area (Å²) in [5.41, 5.74) is 6.03. The van der Waals surface area contributed by atoms with Crippen LogP contribution in [0.4, 0.5) is 0 Å². The highest BCUT2D eigenvalue weighted by molar-refractivity contribution is 6.43. The predicted octanol–water partition coefficient (Wildman–Crippen LogP) is 4.93. The molecule has 7 heteroatoms. The number of ether oxygens (including phenoxy) is 1. The lowest BCUT2D eigenvalue weighted by molar-refractivity contribution is -0.123. The number of benzene rings is 2. The van der Waals surface area contributed by atoms with Crippen molar-refractivity contribution in [1.82, 2.24) is 9.99 Å². The molecule has 0 aliphatic rings. The summed E-state index contributed by atoms with van der Waals surface area (Å²) in [5.74, 6) is 0.287. The monoisotopic (exact) mass is 415 g/mol. The maximum atomic E-state index is 11.9. The maximum Gasteiger partial charge on any atom is 0.277 e. The van der Waals surface area contributed by atoms with Gasteiger partial charge < -0.3 is 9.30 Å². The lowest BCUT2D eigenvalue weighted by atomic mass is 10.2. The molecule has 1 aromatic heterocycles. The standard InChI is InChI=1S/C21H19Cl2N3O2/c1-14-11-16(15(2)26(14)19-10-6-9-18(22)21(19)23)12-24-25-20(27)13-28-17-7-4-3-5-8-17/h3-12H,13H2,1-2H3,(H,25,27)/b24-12-. The Hall–Kier alpha value is -2.76. The van der Waals surface area contributed by atoms with Gasteiger partial charge in [-0.2, -0.15) is 5.10 Å². The molecule has 1 amide bonds. The summed E-state index contributed by atoms with van der Waals surface area (Å²) in [6, 6.07) is 16.6. The molecule has 3 rings (SSSR count). The van der Waals surface area contributed by atoms with Gasteiger partial charge in [-0.15, -0.1) is 0 Å². The van der Waals surface area contributed by atoms with Crippen molar-refractivity contribution in [3.8, 4) is 11.4 Å². The molecule has 0 saturated carbocycles. The summed E-state index contributed by atoms with van der Waals surface area (Å²) in [7, 11) is 0. The van der Waals surface area contributed by atoms with Crippen LogP contribution in [0.3, 0.4) is 0 Å². The van der Waals surface area contributed by atoms with Crippen molar-refractivity contribution >= 4 is 35.3 Å². The molecule has 3 aromatic rings. The molecule has 0 radical (unpaired) electrons. The fraction of sp³-hybridized carbons (Fsp3) is 0.143. The number of nitrogens with one attached hydrogen (secondary N) is 1. The number of nitrogens with zero attached hydrogens (tertiary/aromatic N) is 2. The lowest BCUT2D eigenvalue weighted by Crippen LogP contribution is -2.24. The highest BCUT2D eigenvalue weighted by atomic mass is 35.5. The van der Waals surface area contributed by atoms with Crippen molar-refractivity contribution in [2.45, 2.75) is 13.8 Å². The van der Waals surface area contributed by atoms with Gasteiger partial charge in [-0.3, -0.25) is 4.79 Å². The first-order valence-electron chi connectivity index (χ1n) is 8.60. The van der Waals surface area contributed by atoms with Crippen LogP contribution in [-0.2, 0) is 4.79 Å². The van der Waals surface area contributed by atoms with E-state index in [0.29, 0.717) is 15.8 Å². The number of para-hydroxylation sites is 1. The Morgan fingerprint density at radius 1 is 1.14 bits per heavy atom. The molecule has 0 spiro atoms. The second kappa shape index (κ2) is 8.95. The average molecular weight is 416 g/mol. The Balaban J connectivity index is 1.68. The van der Waals surface area contributed by atoms with Gasteiger partial charge in [-0.25, -0.2) is 5.43 Å². The molecular weight excluding hydrogens is 397 g/mol. The van der Waals surface area contributed by atoms with Gasteiger partial charge in [0.2, 0.25) is 0 Å². The van der Waals surface area contributed by atoms with Crippen LogP contribution in [0.15, 0.2) is 59.7 Å². The van der Waals surface area contributed by atoms with Gasteiger partial charge in [0.15, 0.2) is 6.61 Å². The number of hydrogen-bond acceptors (Lipinski definition) is 3. The number of aromatic nitrogens is 1. The number of hydrogen-bond donors (Lipinski definition) is 1. The summed E-state index contributed by atoms with van der Waals surface area (Å²) in [5, 5.41) is 5.01. The minimum Gasteiger partial charge on any atom is -0.484 e. The molecule has 0 fully saturated rings. The Morgan fingerprint density at radius 2 is 1.89 bits per heavy atom. The third kappa shape index (κ3) is 4.55. The van der Waals surface area contributed by atoms with Gasteiger partial charge in [0.05, 0.1) is 21.9 Å². The molecule has 0 bridgehead atoms. The Bertz CT molecular complexity index is 1010. The normalized spacial score (nSPS) is 11.0. The van der Waals surface area contributed by atoms with Gasteiger partial charge in [-0.1, -0.05) is 47.5 Å². The van der Waals surface area contributed by atoms with E-state index in [4.69, 9.17) is 27.9 Å². The molecule has 144 valence electrons. The Morgan fingerprint density at radius 3 is 2.64 bits per heavy atom. The van der Waals surface area contributed by atoms with Crippen LogP contribution in [0, 0.1) is 13.8 Å². The van der Waals surface area contributed by atoms with E-state index in [9.17, 15) is 4.79 Å². The number of carbonyl (C=O) groups excluding carboxylic acids is 1.